The van der Waals surface area contributed by atoms with Gasteiger partial charge in [0.15, 0.2) is 28.6 Å². The van der Waals surface area contributed by atoms with E-state index in [0.717, 1.165) is 6.07 Å². The average molecular weight is 583 g/mol. The van der Waals surface area contributed by atoms with Gasteiger partial charge in [-0.15, -0.1) is 0 Å². The molecular formula is C21H6Cl6O7. The molecule has 1 spiro atoms. The van der Waals surface area contributed by atoms with Crippen molar-refractivity contribution in [2.45, 2.75) is 5.60 Å². The third kappa shape index (κ3) is 2.86. The standard InChI is InChI=1S/C21H6Cl6O7/c22-7-1-4(19(30)31)12(25)11-10(7)20(32)34-21(11)5-2-8(23)15(28)13(26)17(5)33-18-6(21)3-9(24)16(29)14(18)27/h1-3,28-29H,(H,30,31). The lowest BCUT2D eigenvalue weighted by Crippen LogP contribution is -2.34. The Morgan fingerprint density at radius 3 is 1.76 bits per heavy atom. The molecule has 3 aromatic carbocycles. The number of halogens is 6. The summed E-state index contributed by atoms with van der Waals surface area (Å²) in [7, 11) is 0. The molecule has 0 aromatic heterocycles. The summed E-state index contributed by atoms with van der Waals surface area (Å²) in [5.41, 5.74) is -2.94. The van der Waals surface area contributed by atoms with Gasteiger partial charge in [0.05, 0.1) is 42.3 Å². The third-order valence-electron chi connectivity index (χ3n) is 5.51. The van der Waals surface area contributed by atoms with Gasteiger partial charge in [-0.2, -0.15) is 0 Å². The zero-order valence-corrected chi connectivity index (χ0v) is 20.5. The molecule has 3 N–H and O–H groups in total. The molecule has 2 aliphatic rings. The number of phenolic OH excluding ortho intramolecular Hbond substituents is 2. The fraction of sp³-hybridized carbons (Fsp3) is 0.0476. The maximum Gasteiger partial charge on any atom is 0.341 e. The number of carbonyl (C=O) groups is 2. The molecule has 2 aliphatic heterocycles. The number of hydrogen-bond acceptors (Lipinski definition) is 6. The number of aromatic hydroxyl groups is 2. The zero-order chi connectivity index (χ0) is 24.9. The highest BCUT2D eigenvalue weighted by molar-refractivity contribution is 6.41. The van der Waals surface area contributed by atoms with Crippen molar-refractivity contribution in [3.63, 3.8) is 0 Å². The average Bonchev–Trinajstić information content (AvgIpc) is 3.09. The van der Waals surface area contributed by atoms with Gasteiger partial charge in [-0.25, -0.2) is 9.59 Å². The molecule has 0 atom stereocenters. The van der Waals surface area contributed by atoms with Crippen LogP contribution in [0.15, 0.2) is 18.2 Å². The van der Waals surface area contributed by atoms with E-state index in [0.29, 0.717) is 0 Å². The number of hydrogen-bond donors (Lipinski definition) is 3. The lowest BCUT2D eigenvalue weighted by Gasteiger charge is -2.38. The molecule has 174 valence electrons. The Hall–Kier alpha value is -2.26. The Morgan fingerprint density at radius 2 is 1.29 bits per heavy atom. The smallest absolute Gasteiger partial charge is 0.341 e. The Morgan fingerprint density at radius 1 is 0.794 bits per heavy atom. The number of phenols is 2. The second-order valence-corrected chi connectivity index (χ2v) is 9.60. The summed E-state index contributed by atoms with van der Waals surface area (Å²) in [6, 6.07) is 3.42. The number of carbonyl (C=O) groups excluding carboxylic acids is 1. The van der Waals surface area contributed by atoms with Crippen molar-refractivity contribution in [1.82, 2.24) is 0 Å². The third-order valence-corrected chi connectivity index (χ3v) is 7.48. The SMILES string of the molecule is O=C(O)c1cc(Cl)c2c(c1Cl)C1(OC2=O)c2cc(Cl)c(O)c(Cl)c2Oc2c1cc(Cl)c(O)c2Cl. The largest absolute Gasteiger partial charge is 0.505 e. The van der Waals surface area contributed by atoms with Crippen LogP contribution >= 0.6 is 69.6 Å². The summed E-state index contributed by atoms with van der Waals surface area (Å²) in [6.45, 7) is 0. The molecule has 0 aliphatic carbocycles. The fourth-order valence-electron chi connectivity index (χ4n) is 4.08. The summed E-state index contributed by atoms with van der Waals surface area (Å²) in [5.74, 6) is -3.98. The van der Waals surface area contributed by atoms with Gasteiger partial charge in [0.1, 0.15) is 10.0 Å². The molecule has 2 heterocycles. The van der Waals surface area contributed by atoms with Crippen LogP contribution < -0.4 is 4.74 Å². The van der Waals surface area contributed by atoms with Crippen LogP contribution in [0, 0.1) is 0 Å². The molecule has 13 heteroatoms. The van der Waals surface area contributed by atoms with Gasteiger partial charge in [-0.05, 0) is 18.2 Å². The van der Waals surface area contributed by atoms with Crippen molar-refractivity contribution in [1.29, 1.82) is 0 Å². The quantitative estimate of drug-likeness (QED) is 0.258. The van der Waals surface area contributed by atoms with Crippen molar-refractivity contribution in [2.75, 3.05) is 0 Å². The molecule has 34 heavy (non-hydrogen) atoms. The second kappa shape index (κ2) is 7.62. The van der Waals surface area contributed by atoms with Crippen LogP contribution in [0.25, 0.3) is 0 Å². The molecule has 7 nitrogen and oxygen atoms in total. The zero-order valence-electron chi connectivity index (χ0n) is 16.0. The van der Waals surface area contributed by atoms with Crippen molar-refractivity contribution >= 4 is 81.5 Å². The van der Waals surface area contributed by atoms with Crippen molar-refractivity contribution < 1.29 is 34.4 Å². The molecule has 5 rings (SSSR count). The highest BCUT2D eigenvalue weighted by Crippen LogP contribution is 2.64. The molecule has 3 aromatic rings. The van der Waals surface area contributed by atoms with Crippen LogP contribution in [0.1, 0.15) is 37.4 Å². The molecule has 0 fully saturated rings. The maximum atomic E-state index is 13.1. The molecule has 0 saturated carbocycles. The monoisotopic (exact) mass is 580 g/mol. The van der Waals surface area contributed by atoms with E-state index in [1.165, 1.54) is 12.1 Å². The highest BCUT2D eigenvalue weighted by Gasteiger charge is 2.57. The van der Waals surface area contributed by atoms with E-state index in [-0.39, 0.29) is 63.9 Å². The first-order valence-corrected chi connectivity index (χ1v) is 11.3. The molecular weight excluding hydrogens is 577 g/mol. The number of rotatable bonds is 1. The minimum absolute atomic E-state index is 0.0294. The Bertz CT molecular complexity index is 1440. The molecule has 0 unspecified atom stereocenters. The van der Waals surface area contributed by atoms with E-state index in [9.17, 15) is 24.9 Å². The van der Waals surface area contributed by atoms with Gasteiger partial charge in [0.2, 0.25) is 0 Å². The van der Waals surface area contributed by atoms with Crippen molar-refractivity contribution in [2.24, 2.45) is 0 Å². The molecule has 0 bridgehead atoms. The lowest BCUT2D eigenvalue weighted by atomic mass is 9.77. The number of aromatic carboxylic acids is 1. The molecule has 0 amide bonds. The van der Waals surface area contributed by atoms with Crippen molar-refractivity contribution in [3.8, 4) is 23.0 Å². The Labute approximate surface area is 219 Å². The number of fused-ring (bicyclic) bond motifs is 6. The van der Waals surface area contributed by atoms with Gasteiger partial charge < -0.3 is 24.8 Å². The number of carboxylic acid groups (broad SMARTS) is 1. The predicted molar refractivity (Wildman–Crippen MR) is 125 cm³/mol. The minimum Gasteiger partial charge on any atom is -0.505 e. The summed E-state index contributed by atoms with van der Waals surface area (Å²) >= 11 is 37.7. The molecule has 0 saturated heterocycles. The van der Waals surface area contributed by atoms with Gasteiger partial charge >= 0.3 is 11.9 Å². The lowest BCUT2D eigenvalue weighted by molar-refractivity contribution is 0.0224. The number of esters is 1. The van der Waals surface area contributed by atoms with Gasteiger partial charge in [-0.3, -0.25) is 0 Å². The Balaban J connectivity index is 2.05. The van der Waals surface area contributed by atoms with Gasteiger partial charge in [-0.1, -0.05) is 69.6 Å². The van der Waals surface area contributed by atoms with Crippen LogP contribution in [0.4, 0.5) is 0 Å². The number of benzene rings is 3. The minimum atomic E-state index is -2.07. The van der Waals surface area contributed by atoms with E-state index >= 15 is 0 Å². The maximum absolute atomic E-state index is 13.1. The van der Waals surface area contributed by atoms with E-state index in [1.54, 1.807) is 0 Å². The number of carboxylic acids is 1. The first-order valence-electron chi connectivity index (χ1n) is 9.01. The van der Waals surface area contributed by atoms with E-state index in [1.807, 2.05) is 0 Å². The predicted octanol–water partition coefficient (Wildman–Crippen LogP) is 7.28. The van der Waals surface area contributed by atoms with Crippen LogP contribution in [-0.2, 0) is 10.3 Å². The topological polar surface area (TPSA) is 113 Å². The van der Waals surface area contributed by atoms with Gasteiger partial charge in [0, 0.05) is 5.56 Å². The van der Waals surface area contributed by atoms with Crippen molar-refractivity contribution in [3.05, 3.63) is 76.2 Å². The van der Waals surface area contributed by atoms with E-state index in [2.05, 4.69) is 0 Å². The van der Waals surface area contributed by atoms with Crippen LogP contribution in [-0.4, -0.2) is 27.3 Å². The molecule has 0 radical (unpaired) electrons. The Kier molecular flexibility index (Phi) is 5.26. The first-order chi connectivity index (χ1) is 15.9. The summed E-state index contributed by atoms with van der Waals surface area (Å²) in [6.07, 6.45) is 0. The van der Waals surface area contributed by atoms with Crippen LogP contribution in [0.2, 0.25) is 30.1 Å². The first kappa shape index (κ1) is 23.5. The second-order valence-electron chi connectivity index (χ2n) is 7.24. The summed E-state index contributed by atoms with van der Waals surface area (Å²) < 4.78 is 11.6. The summed E-state index contributed by atoms with van der Waals surface area (Å²) in [4.78, 5) is 25.0. The van der Waals surface area contributed by atoms with Gasteiger partial charge in [0.25, 0.3) is 0 Å². The van der Waals surface area contributed by atoms with E-state index in [4.69, 9.17) is 79.1 Å². The fourth-order valence-corrected chi connectivity index (χ4v) is 5.72. The van der Waals surface area contributed by atoms with E-state index < -0.39 is 34.6 Å². The summed E-state index contributed by atoms with van der Waals surface area (Å²) in [5, 5.41) is 28.4. The number of ether oxygens (including phenoxy) is 2. The highest BCUT2D eigenvalue weighted by atomic mass is 35.5. The normalized spacial score (nSPS) is 14.8. The van der Waals surface area contributed by atoms with Crippen LogP contribution in [0.3, 0.4) is 0 Å². The van der Waals surface area contributed by atoms with Crippen LogP contribution in [0.5, 0.6) is 23.0 Å².